The highest BCUT2D eigenvalue weighted by atomic mass is 19.2. The van der Waals surface area contributed by atoms with Gasteiger partial charge in [-0.05, 0) is 23.8 Å². The first-order chi connectivity index (χ1) is 11.6. The number of aromatic nitrogens is 3. The van der Waals surface area contributed by atoms with E-state index in [0.717, 1.165) is 17.7 Å². The van der Waals surface area contributed by atoms with Gasteiger partial charge >= 0.3 is 0 Å². The van der Waals surface area contributed by atoms with E-state index in [2.05, 4.69) is 25.6 Å². The summed E-state index contributed by atoms with van der Waals surface area (Å²) in [6.45, 7) is 0.490. The van der Waals surface area contributed by atoms with Crippen LogP contribution >= 0.6 is 0 Å². The Bertz CT molecular complexity index is 842. The summed E-state index contributed by atoms with van der Waals surface area (Å²) >= 11 is 0. The van der Waals surface area contributed by atoms with Crippen LogP contribution in [0.1, 0.15) is 5.56 Å². The van der Waals surface area contributed by atoms with Crippen molar-refractivity contribution in [2.45, 2.75) is 6.54 Å². The smallest absolute Gasteiger partial charge is 0.196 e. The minimum atomic E-state index is -1.54. The number of hydrogen-bond acceptors (Lipinski definition) is 5. The van der Waals surface area contributed by atoms with Gasteiger partial charge in [-0.15, -0.1) is 0 Å². The molecule has 0 bridgehead atoms. The molecule has 0 radical (unpaired) electrons. The van der Waals surface area contributed by atoms with Gasteiger partial charge in [-0.3, -0.25) is 4.98 Å². The molecule has 2 aromatic heterocycles. The molecule has 0 saturated heterocycles. The third-order valence-corrected chi connectivity index (χ3v) is 3.16. The van der Waals surface area contributed by atoms with E-state index in [1.165, 1.54) is 12.4 Å². The van der Waals surface area contributed by atoms with Crippen LogP contribution in [0.25, 0.3) is 0 Å². The van der Waals surface area contributed by atoms with E-state index in [1.54, 1.807) is 12.4 Å². The van der Waals surface area contributed by atoms with Gasteiger partial charge in [0.05, 0.1) is 5.69 Å². The average molecular weight is 331 g/mol. The highest BCUT2D eigenvalue weighted by molar-refractivity contribution is 5.59. The molecule has 5 nitrogen and oxygen atoms in total. The number of pyridine rings is 1. The largest absolute Gasteiger partial charge is 0.366 e. The monoisotopic (exact) mass is 331 g/mol. The van der Waals surface area contributed by atoms with Crippen molar-refractivity contribution in [3.63, 3.8) is 0 Å². The summed E-state index contributed by atoms with van der Waals surface area (Å²) in [5.41, 5.74) is 0.739. The molecule has 0 spiro atoms. The number of nitrogens with zero attached hydrogens (tertiary/aromatic N) is 3. The van der Waals surface area contributed by atoms with Gasteiger partial charge in [0.15, 0.2) is 17.5 Å². The Morgan fingerprint density at radius 3 is 2.58 bits per heavy atom. The fourth-order valence-electron chi connectivity index (χ4n) is 1.98. The van der Waals surface area contributed by atoms with Crippen molar-refractivity contribution < 1.29 is 13.2 Å². The predicted molar refractivity (Wildman–Crippen MR) is 83.2 cm³/mol. The van der Waals surface area contributed by atoms with Crippen LogP contribution < -0.4 is 10.6 Å². The third-order valence-electron chi connectivity index (χ3n) is 3.16. The van der Waals surface area contributed by atoms with Crippen LogP contribution in [0.4, 0.5) is 30.5 Å². The van der Waals surface area contributed by atoms with Crippen molar-refractivity contribution in [3.8, 4) is 0 Å². The first-order valence-corrected chi connectivity index (χ1v) is 6.99. The highest BCUT2D eigenvalue weighted by Crippen LogP contribution is 2.23. The summed E-state index contributed by atoms with van der Waals surface area (Å²) in [6.07, 6.45) is 4.66. The lowest BCUT2D eigenvalue weighted by molar-refractivity contribution is 0.449. The summed E-state index contributed by atoms with van der Waals surface area (Å²) in [5, 5.41) is 5.66. The zero-order valence-electron chi connectivity index (χ0n) is 12.3. The number of benzene rings is 1. The minimum Gasteiger partial charge on any atom is -0.366 e. The summed E-state index contributed by atoms with van der Waals surface area (Å²) < 4.78 is 39.9. The second kappa shape index (κ2) is 6.95. The van der Waals surface area contributed by atoms with Gasteiger partial charge in [0.2, 0.25) is 0 Å². The molecule has 0 fully saturated rings. The van der Waals surface area contributed by atoms with Gasteiger partial charge < -0.3 is 10.6 Å². The quantitative estimate of drug-likeness (QED) is 0.699. The van der Waals surface area contributed by atoms with Crippen LogP contribution in [0.2, 0.25) is 0 Å². The SMILES string of the molecule is Fc1ccc(Nc2cc(NCc3cccnc3)ncn2)c(F)c1F. The molecule has 2 heterocycles. The van der Waals surface area contributed by atoms with Crippen LogP contribution in [0, 0.1) is 17.5 Å². The van der Waals surface area contributed by atoms with Crippen LogP contribution in [0.3, 0.4) is 0 Å². The number of hydrogen-bond donors (Lipinski definition) is 2. The normalized spacial score (nSPS) is 10.5. The predicted octanol–water partition coefficient (Wildman–Crippen LogP) is 3.64. The lowest BCUT2D eigenvalue weighted by atomic mass is 10.2. The first-order valence-electron chi connectivity index (χ1n) is 6.99. The maximum Gasteiger partial charge on any atom is 0.196 e. The Morgan fingerprint density at radius 2 is 1.79 bits per heavy atom. The lowest BCUT2D eigenvalue weighted by Gasteiger charge is -2.09. The zero-order chi connectivity index (χ0) is 16.9. The molecule has 0 aliphatic rings. The fourth-order valence-corrected chi connectivity index (χ4v) is 1.98. The van der Waals surface area contributed by atoms with Gasteiger partial charge in [0.1, 0.15) is 18.0 Å². The minimum absolute atomic E-state index is 0.217. The van der Waals surface area contributed by atoms with E-state index in [1.807, 2.05) is 12.1 Å². The zero-order valence-corrected chi connectivity index (χ0v) is 12.3. The van der Waals surface area contributed by atoms with Crippen molar-refractivity contribution >= 4 is 17.3 Å². The van der Waals surface area contributed by atoms with E-state index in [-0.39, 0.29) is 11.5 Å². The molecule has 0 unspecified atom stereocenters. The Kier molecular flexibility index (Phi) is 4.55. The summed E-state index contributed by atoms with van der Waals surface area (Å²) in [4.78, 5) is 12.0. The maximum absolute atomic E-state index is 13.7. The van der Waals surface area contributed by atoms with Crippen LogP contribution in [0.5, 0.6) is 0 Å². The van der Waals surface area contributed by atoms with Crippen LogP contribution in [-0.2, 0) is 6.54 Å². The molecule has 0 atom stereocenters. The molecule has 2 N–H and O–H groups in total. The van der Waals surface area contributed by atoms with Crippen LogP contribution in [-0.4, -0.2) is 15.0 Å². The second-order valence-electron chi connectivity index (χ2n) is 4.85. The lowest BCUT2D eigenvalue weighted by Crippen LogP contribution is -2.04. The molecular weight excluding hydrogens is 319 g/mol. The Balaban J connectivity index is 1.73. The third kappa shape index (κ3) is 3.60. The van der Waals surface area contributed by atoms with E-state index >= 15 is 0 Å². The molecule has 8 heteroatoms. The van der Waals surface area contributed by atoms with E-state index in [0.29, 0.717) is 12.4 Å². The standard InChI is InChI=1S/C16H12F3N5/c17-11-3-4-12(16(19)15(11)18)24-14-6-13(22-9-23-14)21-8-10-2-1-5-20-7-10/h1-7,9H,8H2,(H2,21,22,23,24). The summed E-state index contributed by atoms with van der Waals surface area (Å²) in [6, 6.07) is 7.17. The first kappa shape index (κ1) is 15.7. The Morgan fingerprint density at radius 1 is 0.958 bits per heavy atom. The van der Waals surface area contributed by atoms with Gasteiger partial charge in [-0.2, -0.15) is 0 Å². The molecular formula is C16H12F3N5. The van der Waals surface area contributed by atoms with E-state index < -0.39 is 17.5 Å². The van der Waals surface area contributed by atoms with Crippen molar-refractivity contribution in [2.24, 2.45) is 0 Å². The summed E-state index contributed by atoms with van der Waals surface area (Å²) in [5.74, 6) is -3.37. The Labute approximate surface area is 135 Å². The van der Waals surface area contributed by atoms with Crippen molar-refractivity contribution in [2.75, 3.05) is 10.6 Å². The van der Waals surface area contributed by atoms with Gasteiger partial charge in [-0.1, -0.05) is 6.07 Å². The van der Waals surface area contributed by atoms with Gasteiger partial charge in [-0.25, -0.2) is 23.1 Å². The van der Waals surface area contributed by atoms with Crippen molar-refractivity contribution in [3.05, 3.63) is 72.1 Å². The molecule has 122 valence electrons. The number of halogens is 3. The summed E-state index contributed by atoms with van der Waals surface area (Å²) in [7, 11) is 0. The number of nitrogens with one attached hydrogen (secondary N) is 2. The molecule has 1 aromatic carbocycles. The second-order valence-corrected chi connectivity index (χ2v) is 4.85. The van der Waals surface area contributed by atoms with E-state index in [4.69, 9.17) is 0 Å². The molecule has 0 amide bonds. The van der Waals surface area contributed by atoms with Crippen LogP contribution in [0.15, 0.2) is 49.1 Å². The molecule has 0 aliphatic carbocycles. The van der Waals surface area contributed by atoms with Gasteiger partial charge in [0.25, 0.3) is 0 Å². The Hall–Kier alpha value is -3.16. The molecule has 24 heavy (non-hydrogen) atoms. The molecule has 0 saturated carbocycles. The molecule has 0 aliphatic heterocycles. The average Bonchev–Trinajstić information content (AvgIpc) is 2.62. The van der Waals surface area contributed by atoms with Gasteiger partial charge in [0, 0.05) is 25.0 Å². The fraction of sp³-hybridized carbons (Fsp3) is 0.0625. The molecule has 3 rings (SSSR count). The maximum atomic E-state index is 13.7. The topological polar surface area (TPSA) is 62.7 Å². The highest BCUT2D eigenvalue weighted by Gasteiger charge is 2.13. The van der Waals surface area contributed by atoms with Crippen molar-refractivity contribution in [1.29, 1.82) is 0 Å². The molecule has 3 aromatic rings. The van der Waals surface area contributed by atoms with Crippen molar-refractivity contribution in [1.82, 2.24) is 15.0 Å². The van der Waals surface area contributed by atoms with E-state index in [9.17, 15) is 13.2 Å². The number of rotatable bonds is 5. The number of anilines is 3.